The molecule has 2 N–H and O–H groups in total. The van der Waals surface area contributed by atoms with Gasteiger partial charge in [0.2, 0.25) is 0 Å². The summed E-state index contributed by atoms with van der Waals surface area (Å²) in [4.78, 5) is 12.3. The zero-order chi connectivity index (χ0) is 21.3. The number of benzene rings is 2. The van der Waals surface area contributed by atoms with Crippen molar-refractivity contribution in [3.05, 3.63) is 77.0 Å². The molecule has 150 valence electrons. The molecule has 3 rings (SSSR count). The Kier molecular flexibility index (Phi) is 6.85. The summed E-state index contributed by atoms with van der Waals surface area (Å²) in [6.45, 7) is 6.16. The molecule has 0 aliphatic carbocycles. The smallest absolute Gasteiger partial charge is 0.271 e. The van der Waals surface area contributed by atoms with Crippen molar-refractivity contribution in [2.24, 2.45) is 5.10 Å². The van der Waals surface area contributed by atoms with E-state index < -0.39 is 0 Å². The predicted molar refractivity (Wildman–Crippen MR) is 131 cm³/mol. The molecule has 5 nitrogen and oxygen atoms in total. The van der Waals surface area contributed by atoms with Crippen LogP contribution in [0.15, 0.2) is 50.4 Å². The molecule has 0 spiro atoms. The van der Waals surface area contributed by atoms with Crippen molar-refractivity contribution in [1.29, 1.82) is 0 Å². The molecule has 0 fully saturated rings. The summed E-state index contributed by atoms with van der Waals surface area (Å²) in [5, 5.41) is 13.9. The van der Waals surface area contributed by atoms with Crippen LogP contribution in [0.5, 0.6) is 5.75 Å². The van der Waals surface area contributed by atoms with E-state index in [1.165, 1.54) is 21.3 Å². The van der Waals surface area contributed by atoms with Gasteiger partial charge in [-0.15, -0.1) is 0 Å². The van der Waals surface area contributed by atoms with E-state index in [0.717, 1.165) is 22.6 Å². The number of rotatable bonds is 4. The summed E-state index contributed by atoms with van der Waals surface area (Å²) in [5.41, 5.74) is 8.27. The molecule has 0 aliphatic heterocycles. The number of amides is 1. The number of phenols is 1. The van der Waals surface area contributed by atoms with E-state index in [0.29, 0.717) is 14.5 Å². The number of hydrogen-bond donors (Lipinski definition) is 2. The molecular weight excluding hydrogens is 613 g/mol. The molecule has 0 atom stereocenters. The van der Waals surface area contributed by atoms with Gasteiger partial charge in [-0.2, -0.15) is 5.10 Å². The van der Waals surface area contributed by atoms with Crippen molar-refractivity contribution < 1.29 is 9.90 Å². The van der Waals surface area contributed by atoms with E-state index in [2.05, 4.69) is 94.7 Å². The number of hydrazone groups is 1. The largest absolute Gasteiger partial charge is 0.506 e. The number of nitrogens with one attached hydrogen (secondary N) is 1. The molecule has 0 aliphatic rings. The first kappa shape index (κ1) is 22.0. The number of hydrogen-bond acceptors (Lipinski definition) is 3. The topological polar surface area (TPSA) is 66.6 Å². The molecule has 3 aromatic rings. The first-order valence-electron chi connectivity index (χ1n) is 8.66. The Bertz CT molecular complexity index is 1120. The van der Waals surface area contributed by atoms with Gasteiger partial charge in [-0.1, -0.05) is 0 Å². The Balaban J connectivity index is 1.81. The molecule has 0 bridgehead atoms. The van der Waals surface area contributed by atoms with Crippen molar-refractivity contribution in [2.45, 2.75) is 20.8 Å². The number of aryl methyl sites for hydroxylation is 2. The lowest BCUT2D eigenvalue weighted by atomic mass is 10.2. The summed E-state index contributed by atoms with van der Waals surface area (Å²) < 4.78 is 4.25. The van der Waals surface area contributed by atoms with Gasteiger partial charge in [0.1, 0.15) is 5.75 Å². The van der Waals surface area contributed by atoms with Gasteiger partial charge in [-0.3, -0.25) is 4.79 Å². The molecule has 1 aromatic heterocycles. The van der Waals surface area contributed by atoms with Crippen LogP contribution in [0.3, 0.4) is 0 Å². The quantitative estimate of drug-likeness (QED) is 0.211. The number of nitrogens with zero attached hydrogens (tertiary/aromatic N) is 2. The lowest BCUT2D eigenvalue weighted by molar-refractivity contribution is 0.0955. The van der Waals surface area contributed by atoms with Gasteiger partial charge in [-0.05, 0) is 117 Å². The Morgan fingerprint density at radius 2 is 1.79 bits per heavy atom. The van der Waals surface area contributed by atoms with Gasteiger partial charge < -0.3 is 9.67 Å². The molecule has 1 heterocycles. The molecule has 29 heavy (non-hydrogen) atoms. The van der Waals surface area contributed by atoms with Gasteiger partial charge in [0, 0.05) is 31.8 Å². The summed E-state index contributed by atoms with van der Waals surface area (Å²) in [7, 11) is 0. The maximum Gasteiger partial charge on any atom is 0.271 e. The Labute approximate surface area is 199 Å². The molecular formula is C21H18Br2IN3O2. The van der Waals surface area contributed by atoms with E-state index in [-0.39, 0.29) is 11.7 Å². The Morgan fingerprint density at radius 3 is 2.41 bits per heavy atom. The third-order valence-corrected chi connectivity index (χ3v) is 6.94. The van der Waals surface area contributed by atoms with Crippen LogP contribution in [-0.2, 0) is 0 Å². The third-order valence-electron chi connectivity index (χ3n) is 4.52. The molecule has 0 saturated heterocycles. The van der Waals surface area contributed by atoms with Gasteiger partial charge in [0.25, 0.3) is 5.91 Å². The van der Waals surface area contributed by atoms with Gasteiger partial charge in [0.05, 0.1) is 15.2 Å². The number of phenolic OH excluding ortho intramolecular Hbond substituents is 1. The van der Waals surface area contributed by atoms with Crippen LogP contribution in [0.25, 0.3) is 5.69 Å². The second-order valence-electron chi connectivity index (χ2n) is 6.58. The first-order chi connectivity index (χ1) is 13.7. The lowest BCUT2D eigenvalue weighted by Gasteiger charge is -2.11. The van der Waals surface area contributed by atoms with Gasteiger partial charge >= 0.3 is 0 Å². The van der Waals surface area contributed by atoms with Crippen molar-refractivity contribution in [3.63, 3.8) is 0 Å². The normalized spacial score (nSPS) is 11.2. The molecule has 0 saturated carbocycles. The molecule has 1 amide bonds. The standard InChI is InChI=1S/C21H18Br2IN3O2/c1-11-6-16(4-5-19(11)24)27-12(2)7-15(13(27)3)10-25-26-21(29)14-8-17(22)20(28)18(23)9-14/h4-10,28H,1-3H3,(H,26,29)/b25-10-. The highest BCUT2D eigenvalue weighted by atomic mass is 127. The molecule has 8 heteroatoms. The monoisotopic (exact) mass is 629 g/mol. The maximum atomic E-state index is 12.3. The number of halogens is 3. The number of carbonyl (C=O) groups is 1. The fourth-order valence-corrected chi connectivity index (χ4v) is 4.53. The second kappa shape index (κ2) is 9.01. The zero-order valence-electron chi connectivity index (χ0n) is 15.9. The molecule has 2 aromatic carbocycles. The van der Waals surface area contributed by atoms with Gasteiger partial charge in [0.15, 0.2) is 0 Å². The minimum absolute atomic E-state index is 0.0447. The SMILES string of the molecule is Cc1cc(-n2c(C)cc(/C=N\NC(=O)c3cc(Br)c(O)c(Br)c3)c2C)ccc1I. The van der Waals surface area contributed by atoms with Crippen molar-refractivity contribution >= 4 is 66.6 Å². The van der Waals surface area contributed by atoms with E-state index >= 15 is 0 Å². The predicted octanol–water partition coefficient (Wildman–Crippen LogP) is 6.00. The summed E-state index contributed by atoms with van der Waals surface area (Å²) >= 11 is 8.77. The highest BCUT2D eigenvalue weighted by molar-refractivity contribution is 14.1. The number of aromatic nitrogens is 1. The summed E-state index contributed by atoms with van der Waals surface area (Å²) in [5.74, 6) is -0.326. The highest BCUT2D eigenvalue weighted by Gasteiger charge is 2.12. The molecule has 0 radical (unpaired) electrons. The van der Waals surface area contributed by atoms with E-state index in [4.69, 9.17) is 0 Å². The van der Waals surface area contributed by atoms with Crippen LogP contribution >= 0.6 is 54.5 Å². The fourth-order valence-electron chi connectivity index (χ4n) is 3.01. The van der Waals surface area contributed by atoms with Crippen LogP contribution in [0.2, 0.25) is 0 Å². The average Bonchev–Trinajstić information content (AvgIpc) is 2.95. The fraction of sp³-hybridized carbons (Fsp3) is 0.143. The van der Waals surface area contributed by atoms with Crippen LogP contribution in [0, 0.1) is 24.3 Å². The third kappa shape index (κ3) is 4.75. The maximum absolute atomic E-state index is 12.3. The van der Waals surface area contributed by atoms with Gasteiger partial charge in [-0.25, -0.2) is 5.43 Å². The zero-order valence-corrected chi connectivity index (χ0v) is 21.3. The first-order valence-corrected chi connectivity index (χ1v) is 11.3. The van der Waals surface area contributed by atoms with Crippen LogP contribution in [0.4, 0.5) is 0 Å². The lowest BCUT2D eigenvalue weighted by Crippen LogP contribution is -2.17. The van der Waals surface area contributed by atoms with E-state index in [1.807, 2.05) is 19.9 Å². The Hall–Kier alpha value is -1.65. The van der Waals surface area contributed by atoms with Crippen LogP contribution in [0.1, 0.15) is 32.9 Å². The van der Waals surface area contributed by atoms with E-state index in [1.54, 1.807) is 6.21 Å². The Morgan fingerprint density at radius 1 is 1.14 bits per heavy atom. The summed E-state index contributed by atoms with van der Waals surface area (Å²) in [6, 6.07) is 11.5. The van der Waals surface area contributed by atoms with Crippen LogP contribution < -0.4 is 5.43 Å². The minimum Gasteiger partial charge on any atom is -0.506 e. The molecule has 0 unspecified atom stereocenters. The van der Waals surface area contributed by atoms with E-state index in [9.17, 15) is 9.90 Å². The van der Waals surface area contributed by atoms with Crippen molar-refractivity contribution in [2.75, 3.05) is 0 Å². The van der Waals surface area contributed by atoms with Crippen molar-refractivity contribution in [3.8, 4) is 11.4 Å². The number of aromatic hydroxyl groups is 1. The summed E-state index contributed by atoms with van der Waals surface area (Å²) in [6.07, 6.45) is 1.64. The average molecular weight is 631 g/mol. The van der Waals surface area contributed by atoms with Crippen LogP contribution in [-0.4, -0.2) is 21.8 Å². The number of carbonyl (C=O) groups excluding carboxylic acids is 1. The highest BCUT2D eigenvalue weighted by Crippen LogP contribution is 2.33. The van der Waals surface area contributed by atoms with Crippen molar-refractivity contribution in [1.82, 2.24) is 9.99 Å². The second-order valence-corrected chi connectivity index (χ2v) is 9.45. The minimum atomic E-state index is -0.371.